The molecule has 0 amide bonds. The van der Waals surface area contributed by atoms with Gasteiger partial charge in [-0.25, -0.2) is 0 Å². The van der Waals surface area contributed by atoms with Gasteiger partial charge >= 0.3 is 0 Å². The van der Waals surface area contributed by atoms with Gasteiger partial charge in [0.2, 0.25) is 0 Å². The molecule has 0 radical (unpaired) electrons. The van der Waals surface area contributed by atoms with Gasteiger partial charge in [-0.2, -0.15) is 0 Å². The molecule has 0 heterocycles. The van der Waals surface area contributed by atoms with Crippen molar-refractivity contribution >= 4 is 0 Å². The molecule has 2 nitrogen and oxygen atoms in total. The van der Waals surface area contributed by atoms with Crippen LogP contribution in [-0.4, -0.2) is 30.6 Å². The van der Waals surface area contributed by atoms with E-state index in [1.807, 2.05) is 0 Å². The Morgan fingerprint density at radius 3 is 2.43 bits per heavy atom. The first-order chi connectivity index (χ1) is 10.3. The summed E-state index contributed by atoms with van der Waals surface area (Å²) in [4.78, 5) is 2.71. The van der Waals surface area contributed by atoms with Crippen LogP contribution in [0.25, 0.3) is 0 Å². The second-order valence-corrected chi connectivity index (χ2v) is 6.52. The Bertz CT molecular complexity index is 386. The minimum absolute atomic E-state index is 0.441. The molecule has 1 aliphatic rings. The number of benzene rings is 1. The van der Waals surface area contributed by atoms with E-state index >= 15 is 0 Å². The van der Waals surface area contributed by atoms with E-state index in [1.54, 1.807) is 0 Å². The van der Waals surface area contributed by atoms with Crippen molar-refractivity contribution in [2.75, 3.05) is 19.6 Å². The topological polar surface area (TPSA) is 15.3 Å². The zero-order valence-corrected chi connectivity index (χ0v) is 14.0. The molecule has 118 valence electrons. The standard InChI is InChI=1S/C19H32N2/c1-4-13-20-19(18-9-7-6-8-10-18)16(3)21(14-5-2)15-17-11-12-17/h6-10,16-17,19-20H,4-5,11-15H2,1-3H3. The molecule has 2 heteroatoms. The zero-order valence-electron chi connectivity index (χ0n) is 14.0. The van der Waals surface area contributed by atoms with E-state index in [9.17, 15) is 0 Å². The molecule has 1 saturated carbocycles. The van der Waals surface area contributed by atoms with Gasteiger partial charge in [0, 0.05) is 18.6 Å². The van der Waals surface area contributed by atoms with Gasteiger partial charge < -0.3 is 5.32 Å². The van der Waals surface area contributed by atoms with Gasteiger partial charge in [-0.3, -0.25) is 4.90 Å². The van der Waals surface area contributed by atoms with Crippen LogP contribution in [0.2, 0.25) is 0 Å². The van der Waals surface area contributed by atoms with Crippen molar-refractivity contribution in [3.05, 3.63) is 35.9 Å². The van der Waals surface area contributed by atoms with Crippen LogP contribution in [0.4, 0.5) is 0 Å². The second kappa shape index (κ2) is 8.55. The maximum atomic E-state index is 3.78. The van der Waals surface area contributed by atoms with Crippen molar-refractivity contribution in [2.24, 2.45) is 5.92 Å². The van der Waals surface area contributed by atoms with Gasteiger partial charge in [-0.1, -0.05) is 44.2 Å². The van der Waals surface area contributed by atoms with Gasteiger partial charge in [-0.15, -0.1) is 0 Å². The third-order valence-corrected chi connectivity index (χ3v) is 4.53. The Balaban J connectivity index is 2.08. The SMILES string of the molecule is CCCNC(c1ccccc1)C(C)N(CCC)CC1CC1. The normalized spacial score (nSPS) is 17.9. The van der Waals surface area contributed by atoms with Crippen LogP contribution in [-0.2, 0) is 0 Å². The number of hydrogen-bond acceptors (Lipinski definition) is 2. The molecular formula is C19H32N2. The summed E-state index contributed by atoms with van der Waals surface area (Å²) >= 11 is 0. The summed E-state index contributed by atoms with van der Waals surface area (Å²) in [6.45, 7) is 10.5. The van der Waals surface area contributed by atoms with E-state index < -0.39 is 0 Å². The summed E-state index contributed by atoms with van der Waals surface area (Å²) in [5.74, 6) is 0.960. The highest BCUT2D eigenvalue weighted by Crippen LogP contribution is 2.32. The molecule has 2 atom stereocenters. The third-order valence-electron chi connectivity index (χ3n) is 4.53. The highest BCUT2D eigenvalue weighted by Gasteiger charge is 2.29. The van der Waals surface area contributed by atoms with Gasteiger partial charge in [0.05, 0.1) is 0 Å². The monoisotopic (exact) mass is 288 g/mol. The smallest absolute Gasteiger partial charge is 0.0475 e. The highest BCUT2D eigenvalue weighted by molar-refractivity contribution is 5.20. The Labute approximate surface area is 130 Å². The Morgan fingerprint density at radius 2 is 1.86 bits per heavy atom. The molecule has 0 saturated heterocycles. The maximum Gasteiger partial charge on any atom is 0.0475 e. The third kappa shape index (κ3) is 5.12. The molecule has 1 aromatic rings. The second-order valence-electron chi connectivity index (χ2n) is 6.52. The largest absolute Gasteiger partial charge is 0.309 e. The van der Waals surface area contributed by atoms with Crippen molar-refractivity contribution in [3.8, 4) is 0 Å². The van der Waals surface area contributed by atoms with Crippen LogP contribution in [0.5, 0.6) is 0 Å². The summed E-state index contributed by atoms with van der Waals surface area (Å²) in [5.41, 5.74) is 1.43. The predicted molar refractivity (Wildman–Crippen MR) is 91.5 cm³/mol. The maximum absolute atomic E-state index is 3.78. The fourth-order valence-electron chi connectivity index (χ4n) is 3.12. The van der Waals surface area contributed by atoms with E-state index in [4.69, 9.17) is 0 Å². The van der Waals surface area contributed by atoms with Crippen LogP contribution in [0, 0.1) is 5.92 Å². The lowest BCUT2D eigenvalue weighted by molar-refractivity contribution is 0.162. The molecule has 1 fully saturated rings. The fraction of sp³-hybridized carbons (Fsp3) is 0.684. The minimum atomic E-state index is 0.441. The van der Waals surface area contributed by atoms with Crippen LogP contribution in [0.15, 0.2) is 30.3 Å². The minimum Gasteiger partial charge on any atom is -0.309 e. The van der Waals surface area contributed by atoms with Crippen LogP contribution < -0.4 is 5.32 Å². The van der Waals surface area contributed by atoms with Crippen molar-refractivity contribution < 1.29 is 0 Å². The molecule has 0 aliphatic heterocycles. The van der Waals surface area contributed by atoms with Crippen molar-refractivity contribution in [3.63, 3.8) is 0 Å². The molecule has 1 N–H and O–H groups in total. The lowest BCUT2D eigenvalue weighted by Gasteiger charge is -2.35. The lowest BCUT2D eigenvalue weighted by atomic mass is 9.98. The molecule has 0 spiro atoms. The average molecular weight is 288 g/mol. The highest BCUT2D eigenvalue weighted by atomic mass is 15.2. The molecule has 0 aromatic heterocycles. The molecule has 0 bridgehead atoms. The van der Waals surface area contributed by atoms with Crippen molar-refractivity contribution in [1.82, 2.24) is 10.2 Å². The van der Waals surface area contributed by atoms with E-state index in [0.29, 0.717) is 12.1 Å². The summed E-state index contributed by atoms with van der Waals surface area (Å²) in [6.07, 6.45) is 5.30. The zero-order chi connectivity index (χ0) is 15.1. The number of nitrogens with one attached hydrogen (secondary N) is 1. The molecule has 2 unspecified atom stereocenters. The summed E-state index contributed by atoms with van der Waals surface area (Å²) in [5, 5.41) is 3.78. The fourth-order valence-corrected chi connectivity index (χ4v) is 3.12. The van der Waals surface area contributed by atoms with E-state index in [0.717, 1.165) is 12.5 Å². The van der Waals surface area contributed by atoms with E-state index in [2.05, 4.69) is 61.3 Å². The quantitative estimate of drug-likeness (QED) is 0.693. The van der Waals surface area contributed by atoms with Crippen LogP contribution in [0.1, 0.15) is 58.1 Å². The number of hydrogen-bond donors (Lipinski definition) is 1. The first-order valence-electron chi connectivity index (χ1n) is 8.78. The summed E-state index contributed by atoms with van der Waals surface area (Å²) in [6, 6.07) is 12.0. The average Bonchev–Trinajstić information content (AvgIpc) is 3.32. The number of nitrogens with zero attached hydrogens (tertiary/aromatic N) is 1. The Kier molecular flexibility index (Phi) is 6.72. The summed E-state index contributed by atoms with van der Waals surface area (Å²) < 4.78 is 0. The number of rotatable bonds is 10. The van der Waals surface area contributed by atoms with E-state index in [1.165, 1.54) is 44.3 Å². The Morgan fingerprint density at radius 1 is 1.14 bits per heavy atom. The van der Waals surface area contributed by atoms with Crippen LogP contribution in [0.3, 0.4) is 0 Å². The Hall–Kier alpha value is -0.860. The molecule has 2 rings (SSSR count). The van der Waals surface area contributed by atoms with E-state index in [-0.39, 0.29) is 0 Å². The first-order valence-corrected chi connectivity index (χ1v) is 8.78. The first kappa shape index (κ1) is 16.5. The predicted octanol–water partition coefficient (Wildman–Crippen LogP) is 4.24. The van der Waals surface area contributed by atoms with Crippen LogP contribution >= 0.6 is 0 Å². The van der Waals surface area contributed by atoms with Gasteiger partial charge in [0.25, 0.3) is 0 Å². The molecule has 1 aromatic carbocycles. The van der Waals surface area contributed by atoms with Gasteiger partial charge in [-0.05, 0) is 57.2 Å². The summed E-state index contributed by atoms with van der Waals surface area (Å²) in [7, 11) is 0. The molecule has 1 aliphatic carbocycles. The van der Waals surface area contributed by atoms with Gasteiger partial charge in [0.15, 0.2) is 0 Å². The van der Waals surface area contributed by atoms with Crippen molar-refractivity contribution in [2.45, 2.75) is 58.5 Å². The molecule has 21 heavy (non-hydrogen) atoms. The van der Waals surface area contributed by atoms with Crippen molar-refractivity contribution in [1.29, 1.82) is 0 Å². The molecular weight excluding hydrogens is 256 g/mol. The lowest BCUT2D eigenvalue weighted by Crippen LogP contribution is -2.44. The van der Waals surface area contributed by atoms with Gasteiger partial charge in [0.1, 0.15) is 0 Å².